The molecule has 88 valence electrons. The molecule has 5 heteroatoms. The number of carbonyl (C=O) groups excluding carboxylic acids is 2. The topological polar surface area (TPSA) is 70.2 Å². The summed E-state index contributed by atoms with van der Waals surface area (Å²) in [5.74, 6) is -0.196. The van der Waals surface area contributed by atoms with Crippen LogP contribution in [-0.4, -0.2) is 37.5 Å². The van der Waals surface area contributed by atoms with Crippen molar-refractivity contribution in [3.63, 3.8) is 0 Å². The summed E-state index contributed by atoms with van der Waals surface area (Å²) in [5, 5.41) is 8.21. The van der Waals surface area contributed by atoms with Crippen LogP contribution in [0.15, 0.2) is 0 Å². The fraction of sp³-hybridized carbons (Fsp3) is 0.800. The molecule has 0 fully saturated rings. The Morgan fingerprint density at radius 2 is 1.80 bits per heavy atom. The third-order valence-electron chi connectivity index (χ3n) is 2.58. The van der Waals surface area contributed by atoms with Gasteiger partial charge >= 0.3 is 0 Å². The molecule has 0 aliphatic heterocycles. The molecular formula is C10H21N3O2. The average Bonchev–Trinajstić information content (AvgIpc) is 2.16. The number of hydrogen-bond acceptors (Lipinski definition) is 3. The zero-order valence-electron chi connectivity index (χ0n) is 10.1. The first kappa shape index (κ1) is 13.9. The van der Waals surface area contributed by atoms with E-state index in [9.17, 15) is 9.59 Å². The van der Waals surface area contributed by atoms with Gasteiger partial charge in [-0.15, -0.1) is 0 Å². The van der Waals surface area contributed by atoms with Gasteiger partial charge in [0, 0.05) is 12.6 Å². The minimum atomic E-state index is -0.886. The van der Waals surface area contributed by atoms with Gasteiger partial charge in [0.15, 0.2) is 0 Å². The molecule has 5 nitrogen and oxygen atoms in total. The van der Waals surface area contributed by atoms with Crippen molar-refractivity contribution >= 4 is 12.3 Å². The highest BCUT2D eigenvalue weighted by molar-refractivity contribution is 5.87. The third kappa shape index (κ3) is 3.87. The summed E-state index contributed by atoms with van der Waals surface area (Å²) < 4.78 is 0. The molecule has 0 aliphatic carbocycles. The van der Waals surface area contributed by atoms with Crippen LogP contribution in [0.3, 0.4) is 0 Å². The van der Waals surface area contributed by atoms with E-state index in [-0.39, 0.29) is 11.4 Å². The molecule has 0 aromatic heterocycles. The first-order valence-corrected chi connectivity index (χ1v) is 4.94. The average molecular weight is 215 g/mol. The van der Waals surface area contributed by atoms with Crippen molar-refractivity contribution in [2.45, 2.75) is 38.3 Å². The number of nitrogens with one attached hydrogen (secondary N) is 3. The van der Waals surface area contributed by atoms with Gasteiger partial charge < -0.3 is 16.0 Å². The lowest BCUT2D eigenvalue weighted by molar-refractivity contribution is -0.130. The van der Waals surface area contributed by atoms with Crippen molar-refractivity contribution in [2.75, 3.05) is 14.1 Å². The van der Waals surface area contributed by atoms with Gasteiger partial charge in [0.1, 0.15) is 5.54 Å². The van der Waals surface area contributed by atoms with E-state index in [0.29, 0.717) is 12.8 Å². The van der Waals surface area contributed by atoms with Gasteiger partial charge in [0.2, 0.25) is 12.3 Å². The van der Waals surface area contributed by atoms with Crippen molar-refractivity contribution < 1.29 is 9.59 Å². The fourth-order valence-corrected chi connectivity index (χ4v) is 1.58. The molecule has 0 heterocycles. The Bertz CT molecular complexity index is 241. The van der Waals surface area contributed by atoms with Crippen LogP contribution >= 0.6 is 0 Å². The minimum Gasteiger partial charge on any atom is -0.357 e. The number of likely N-dealkylation sites (N-methyl/N-ethyl adjacent to an activating group) is 1. The molecule has 0 aliphatic rings. The Balaban J connectivity index is 4.79. The number of carbonyl (C=O) groups is 2. The summed E-state index contributed by atoms with van der Waals surface area (Å²) in [7, 11) is 3.38. The van der Waals surface area contributed by atoms with Gasteiger partial charge in [-0.25, -0.2) is 0 Å². The minimum absolute atomic E-state index is 0.196. The maximum absolute atomic E-state index is 11.7. The van der Waals surface area contributed by atoms with Gasteiger partial charge in [0.05, 0.1) is 0 Å². The summed E-state index contributed by atoms with van der Waals surface area (Å²) in [6.07, 6.45) is 1.07. The van der Waals surface area contributed by atoms with E-state index in [1.54, 1.807) is 14.0 Å². The second-order valence-corrected chi connectivity index (χ2v) is 4.48. The fourth-order valence-electron chi connectivity index (χ4n) is 1.58. The van der Waals surface area contributed by atoms with Crippen LogP contribution in [0.2, 0.25) is 0 Å². The van der Waals surface area contributed by atoms with E-state index in [0.717, 1.165) is 0 Å². The summed E-state index contributed by atoms with van der Waals surface area (Å²) in [4.78, 5) is 22.2. The number of hydrogen-bond donors (Lipinski definition) is 3. The first-order chi connectivity index (χ1) is 6.81. The monoisotopic (exact) mass is 215 g/mol. The normalized spacial score (nSPS) is 15.3. The van der Waals surface area contributed by atoms with E-state index in [4.69, 9.17) is 0 Å². The molecule has 0 spiro atoms. The van der Waals surface area contributed by atoms with Crippen LogP contribution in [0, 0.1) is 0 Å². The molecule has 0 saturated heterocycles. The quantitative estimate of drug-likeness (QED) is 0.529. The standard InChI is InChI=1S/C10H21N3O2/c1-9(2,12-5)6-10(3,13-7-14)8(15)11-4/h7,12H,6H2,1-5H3,(H,11,15)(H,13,14). The van der Waals surface area contributed by atoms with Crippen molar-refractivity contribution in [3.05, 3.63) is 0 Å². The largest absolute Gasteiger partial charge is 0.357 e. The van der Waals surface area contributed by atoms with Gasteiger partial charge in [-0.3, -0.25) is 9.59 Å². The third-order valence-corrected chi connectivity index (χ3v) is 2.58. The maximum Gasteiger partial charge on any atom is 0.245 e. The van der Waals surface area contributed by atoms with Gasteiger partial charge in [-0.1, -0.05) is 0 Å². The highest BCUT2D eigenvalue weighted by Gasteiger charge is 2.37. The van der Waals surface area contributed by atoms with Crippen LogP contribution in [0.5, 0.6) is 0 Å². The highest BCUT2D eigenvalue weighted by Crippen LogP contribution is 2.19. The van der Waals surface area contributed by atoms with E-state index >= 15 is 0 Å². The Morgan fingerprint density at radius 3 is 2.13 bits per heavy atom. The van der Waals surface area contributed by atoms with Crippen LogP contribution in [-0.2, 0) is 9.59 Å². The van der Waals surface area contributed by atoms with Crippen molar-refractivity contribution in [1.82, 2.24) is 16.0 Å². The van der Waals surface area contributed by atoms with E-state index in [1.807, 2.05) is 20.9 Å². The van der Waals surface area contributed by atoms with E-state index in [2.05, 4.69) is 16.0 Å². The lowest BCUT2D eigenvalue weighted by Crippen LogP contribution is -2.58. The molecule has 3 N–H and O–H groups in total. The maximum atomic E-state index is 11.7. The first-order valence-electron chi connectivity index (χ1n) is 4.94. The van der Waals surface area contributed by atoms with Crippen LogP contribution in [0.25, 0.3) is 0 Å². The molecule has 0 bridgehead atoms. The van der Waals surface area contributed by atoms with Crippen LogP contribution < -0.4 is 16.0 Å². The molecule has 0 aromatic rings. The molecule has 15 heavy (non-hydrogen) atoms. The Kier molecular flexibility index (Phi) is 4.74. The molecular weight excluding hydrogens is 194 g/mol. The van der Waals surface area contributed by atoms with Gasteiger partial charge in [-0.05, 0) is 34.2 Å². The molecule has 0 rings (SSSR count). The van der Waals surface area contributed by atoms with Gasteiger partial charge in [0.25, 0.3) is 0 Å². The lowest BCUT2D eigenvalue weighted by atomic mass is 9.85. The summed E-state index contributed by atoms with van der Waals surface area (Å²) in [6, 6.07) is 0. The number of rotatable bonds is 6. The summed E-state index contributed by atoms with van der Waals surface area (Å²) in [5.41, 5.74) is -1.11. The Labute approximate surface area is 91.0 Å². The second-order valence-electron chi connectivity index (χ2n) is 4.48. The molecule has 0 saturated carbocycles. The van der Waals surface area contributed by atoms with Crippen LogP contribution in [0.1, 0.15) is 27.2 Å². The molecule has 0 aromatic carbocycles. The lowest BCUT2D eigenvalue weighted by Gasteiger charge is -2.35. The van der Waals surface area contributed by atoms with Crippen LogP contribution in [0.4, 0.5) is 0 Å². The molecule has 1 atom stereocenters. The predicted octanol–water partition coefficient (Wildman–Crippen LogP) is -0.375. The summed E-state index contributed by atoms with van der Waals surface area (Å²) in [6.45, 7) is 5.65. The van der Waals surface area contributed by atoms with Crippen molar-refractivity contribution in [2.24, 2.45) is 0 Å². The van der Waals surface area contributed by atoms with E-state index < -0.39 is 5.54 Å². The molecule has 1 unspecified atom stereocenters. The Morgan fingerprint density at radius 1 is 1.27 bits per heavy atom. The summed E-state index contributed by atoms with van der Waals surface area (Å²) >= 11 is 0. The van der Waals surface area contributed by atoms with E-state index in [1.165, 1.54) is 0 Å². The van der Waals surface area contributed by atoms with Crippen molar-refractivity contribution in [3.8, 4) is 0 Å². The van der Waals surface area contributed by atoms with Gasteiger partial charge in [-0.2, -0.15) is 0 Å². The predicted molar refractivity (Wildman–Crippen MR) is 59.4 cm³/mol. The molecule has 2 amide bonds. The Hall–Kier alpha value is -1.10. The smallest absolute Gasteiger partial charge is 0.245 e. The SMILES string of the molecule is CNC(=O)C(C)(CC(C)(C)NC)NC=O. The zero-order valence-corrected chi connectivity index (χ0v) is 10.1. The highest BCUT2D eigenvalue weighted by atomic mass is 16.2. The van der Waals surface area contributed by atoms with Crippen molar-refractivity contribution in [1.29, 1.82) is 0 Å². The molecule has 0 radical (unpaired) electrons. The second kappa shape index (κ2) is 5.11. The number of amides is 2. The zero-order chi connectivity index (χ0) is 12.1.